The van der Waals surface area contributed by atoms with Crippen molar-refractivity contribution in [2.45, 2.75) is 6.42 Å². The number of para-hydroxylation sites is 1. The topological polar surface area (TPSA) is 26.3 Å². The first-order valence-electron chi connectivity index (χ1n) is 4.73. The lowest BCUT2D eigenvalue weighted by atomic mass is 9.96. The molecule has 1 aliphatic heterocycles. The molecule has 1 heterocycles. The highest BCUT2D eigenvalue weighted by molar-refractivity contribution is 5.64. The molecule has 1 unspecified atom stereocenters. The minimum atomic E-state index is 0.329. The second-order valence-electron chi connectivity index (χ2n) is 3.40. The molecule has 1 aliphatic rings. The zero-order chi connectivity index (χ0) is 9.80. The van der Waals surface area contributed by atoms with Gasteiger partial charge in [0.25, 0.3) is 0 Å². The average Bonchev–Trinajstić information content (AvgIpc) is 2.26. The number of fused-ring (bicyclic) bond motifs is 1. The van der Waals surface area contributed by atoms with Gasteiger partial charge in [-0.3, -0.25) is 4.79 Å². The molecule has 2 rings (SSSR count). The van der Waals surface area contributed by atoms with E-state index in [2.05, 4.69) is 6.07 Å². The average molecular weight is 188 g/mol. The molecule has 0 aliphatic carbocycles. The third-order valence-corrected chi connectivity index (χ3v) is 2.37. The molecular formula is C12H12O2. The first-order valence-corrected chi connectivity index (χ1v) is 4.73. The lowest BCUT2D eigenvalue weighted by Crippen LogP contribution is -2.18. The van der Waals surface area contributed by atoms with E-state index in [9.17, 15) is 4.79 Å². The first kappa shape index (κ1) is 9.00. The van der Waals surface area contributed by atoms with Crippen molar-refractivity contribution in [2.75, 3.05) is 6.61 Å². The number of hydrogen-bond acceptors (Lipinski definition) is 2. The third-order valence-electron chi connectivity index (χ3n) is 2.37. The highest BCUT2D eigenvalue weighted by Crippen LogP contribution is 2.26. The normalized spacial score (nSPS) is 20.1. The van der Waals surface area contributed by atoms with Crippen molar-refractivity contribution in [2.24, 2.45) is 5.92 Å². The largest absolute Gasteiger partial charge is 0.493 e. The van der Waals surface area contributed by atoms with Gasteiger partial charge < -0.3 is 4.74 Å². The van der Waals surface area contributed by atoms with Crippen LogP contribution in [0.3, 0.4) is 0 Å². The van der Waals surface area contributed by atoms with E-state index in [1.165, 1.54) is 5.56 Å². The van der Waals surface area contributed by atoms with Crippen LogP contribution in [0.2, 0.25) is 0 Å². The van der Waals surface area contributed by atoms with Crippen LogP contribution in [0, 0.1) is 5.92 Å². The Morgan fingerprint density at radius 2 is 2.21 bits per heavy atom. The highest BCUT2D eigenvalue weighted by atomic mass is 16.5. The molecule has 72 valence electrons. The third kappa shape index (κ3) is 1.84. The molecule has 1 aromatic rings. The van der Waals surface area contributed by atoms with Crippen molar-refractivity contribution in [1.29, 1.82) is 0 Å². The van der Waals surface area contributed by atoms with Crippen molar-refractivity contribution in [3.05, 3.63) is 42.0 Å². The molecule has 0 fully saturated rings. The Morgan fingerprint density at radius 1 is 1.36 bits per heavy atom. The summed E-state index contributed by atoms with van der Waals surface area (Å²) < 4.78 is 5.57. The van der Waals surface area contributed by atoms with Gasteiger partial charge in [-0.05, 0) is 24.1 Å². The minimum Gasteiger partial charge on any atom is -0.493 e. The van der Waals surface area contributed by atoms with Gasteiger partial charge in [0.05, 0.1) is 6.61 Å². The Bertz CT molecular complexity index is 355. The Labute approximate surface area is 83.2 Å². The van der Waals surface area contributed by atoms with Crippen LogP contribution >= 0.6 is 0 Å². The smallest absolute Gasteiger partial charge is 0.142 e. The molecule has 0 N–H and O–H groups in total. The molecular weight excluding hydrogens is 176 g/mol. The molecule has 0 radical (unpaired) electrons. The molecule has 2 heteroatoms. The number of aldehydes is 1. The summed E-state index contributed by atoms with van der Waals surface area (Å²) in [7, 11) is 0. The van der Waals surface area contributed by atoms with Gasteiger partial charge in [0.2, 0.25) is 0 Å². The lowest BCUT2D eigenvalue weighted by Gasteiger charge is -2.22. The van der Waals surface area contributed by atoms with E-state index in [1.807, 2.05) is 24.3 Å². The maximum absolute atomic E-state index is 10.2. The lowest BCUT2D eigenvalue weighted by molar-refractivity contribution is -0.104. The fourth-order valence-electron chi connectivity index (χ4n) is 1.68. The van der Waals surface area contributed by atoms with E-state index in [4.69, 9.17) is 4.74 Å². The van der Waals surface area contributed by atoms with Crippen LogP contribution in [0.15, 0.2) is 36.4 Å². The second kappa shape index (κ2) is 4.09. The SMILES string of the molecule is O=C/C=C/C1COc2ccccc2C1. The van der Waals surface area contributed by atoms with Crippen molar-refractivity contribution >= 4 is 6.29 Å². The maximum Gasteiger partial charge on any atom is 0.142 e. The molecule has 2 nitrogen and oxygen atoms in total. The maximum atomic E-state index is 10.2. The zero-order valence-corrected chi connectivity index (χ0v) is 7.85. The summed E-state index contributed by atoms with van der Waals surface area (Å²) in [5.74, 6) is 1.30. The van der Waals surface area contributed by atoms with Crippen LogP contribution in [0.4, 0.5) is 0 Å². The zero-order valence-electron chi connectivity index (χ0n) is 7.85. The number of allylic oxidation sites excluding steroid dienone is 1. The van der Waals surface area contributed by atoms with Crippen LogP contribution in [0.1, 0.15) is 5.56 Å². The van der Waals surface area contributed by atoms with E-state index in [-0.39, 0.29) is 0 Å². The first-order chi connectivity index (χ1) is 6.90. The van der Waals surface area contributed by atoms with Gasteiger partial charge >= 0.3 is 0 Å². The van der Waals surface area contributed by atoms with E-state index in [1.54, 1.807) is 6.08 Å². The number of benzene rings is 1. The summed E-state index contributed by atoms with van der Waals surface area (Å²) in [6.45, 7) is 0.668. The van der Waals surface area contributed by atoms with Crippen LogP contribution in [-0.2, 0) is 11.2 Å². The quantitative estimate of drug-likeness (QED) is 0.524. The fraction of sp³-hybridized carbons (Fsp3) is 0.250. The Balaban J connectivity index is 2.13. The van der Waals surface area contributed by atoms with Crippen molar-refractivity contribution in [1.82, 2.24) is 0 Å². The summed E-state index contributed by atoms with van der Waals surface area (Å²) >= 11 is 0. The van der Waals surface area contributed by atoms with Gasteiger partial charge in [-0.2, -0.15) is 0 Å². The van der Waals surface area contributed by atoms with Crippen LogP contribution in [0.25, 0.3) is 0 Å². The number of rotatable bonds is 2. The number of ether oxygens (including phenoxy) is 1. The van der Waals surface area contributed by atoms with E-state index in [0.717, 1.165) is 18.5 Å². The number of hydrogen-bond donors (Lipinski definition) is 0. The second-order valence-corrected chi connectivity index (χ2v) is 3.40. The molecule has 0 saturated carbocycles. The molecule has 0 spiro atoms. The Morgan fingerprint density at radius 3 is 3.07 bits per heavy atom. The summed E-state index contributed by atoms with van der Waals surface area (Å²) in [6.07, 6.45) is 5.21. The van der Waals surface area contributed by atoms with Crippen LogP contribution in [0.5, 0.6) is 5.75 Å². The number of carbonyl (C=O) groups excluding carboxylic acids is 1. The molecule has 0 aromatic heterocycles. The predicted molar refractivity (Wildman–Crippen MR) is 54.3 cm³/mol. The van der Waals surface area contributed by atoms with E-state index in [0.29, 0.717) is 12.5 Å². The van der Waals surface area contributed by atoms with Gasteiger partial charge in [-0.25, -0.2) is 0 Å². The molecule has 1 aromatic carbocycles. The van der Waals surface area contributed by atoms with Crippen molar-refractivity contribution < 1.29 is 9.53 Å². The van der Waals surface area contributed by atoms with Crippen LogP contribution in [-0.4, -0.2) is 12.9 Å². The Kier molecular flexibility index (Phi) is 2.63. The van der Waals surface area contributed by atoms with Crippen molar-refractivity contribution in [3.63, 3.8) is 0 Å². The van der Waals surface area contributed by atoms with Crippen LogP contribution < -0.4 is 4.74 Å². The Hall–Kier alpha value is -1.57. The molecule has 0 bridgehead atoms. The summed E-state index contributed by atoms with van der Waals surface area (Å²) in [6, 6.07) is 8.03. The highest BCUT2D eigenvalue weighted by Gasteiger charge is 2.16. The molecule has 1 atom stereocenters. The van der Waals surface area contributed by atoms with E-state index >= 15 is 0 Å². The molecule has 14 heavy (non-hydrogen) atoms. The summed E-state index contributed by atoms with van der Waals surface area (Å²) in [5.41, 5.74) is 1.22. The fourth-order valence-corrected chi connectivity index (χ4v) is 1.68. The minimum absolute atomic E-state index is 0.329. The molecule has 0 saturated heterocycles. The van der Waals surface area contributed by atoms with Gasteiger partial charge in [0, 0.05) is 5.92 Å². The monoisotopic (exact) mass is 188 g/mol. The van der Waals surface area contributed by atoms with Gasteiger partial charge in [0.1, 0.15) is 12.0 Å². The van der Waals surface area contributed by atoms with Gasteiger partial charge in [0.15, 0.2) is 0 Å². The van der Waals surface area contributed by atoms with Crippen molar-refractivity contribution in [3.8, 4) is 5.75 Å². The van der Waals surface area contributed by atoms with E-state index < -0.39 is 0 Å². The number of carbonyl (C=O) groups is 1. The molecule has 0 amide bonds. The summed E-state index contributed by atoms with van der Waals surface area (Å²) in [4.78, 5) is 10.2. The van der Waals surface area contributed by atoms with Gasteiger partial charge in [-0.15, -0.1) is 0 Å². The summed E-state index contributed by atoms with van der Waals surface area (Å²) in [5, 5.41) is 0. The predicted octanol–water partition coefficient (Wildman–Crippen LogP) is 1.99. The standard InChI is InChI=1S/C12H12O2/c13-7-3-4-10-8-11-5-1-2-6-12(11)14-9-10/h1-7,10H,8-9H2/b4-3+. The van der Waals surface area contributed by atoms with Gasteiger partial charge in [-0.1, -0.05) is 24.3 Å².